The minimum Gasteiger partial charge on any atom is -0.493 e. The molecular formula is C24H30N4O5S. The Kier molecular flexibility index (Phi) is 6.92. The van der Waals surface area contributed by atoms with Gasteiger partial charge in [0.25, 0.3) is 5.56 Å². The molecule has 9 nitrogen and oxygen atoms in total. The normalized spacial score (nSPS) is 15.7. The fraction of sp³-hybridized carbons (Fsp3) is 0.417. The van der Waals surface area contributed by atoms with Crippen LogP contribution in [0.5, 0.6) is 11.5 Å². The number of nitrogens with one attached hydrogen (secondary N) is 1. The summed E-state index contributed by atoms with van der Waals surface area (Å²) in [4.78, 5) is 22.4. The van der Waals surface area contributed by atoms with Gasteiger partial charge in [0, 0.05) is 32.2 Å². The molecule has 0 amide bonds. The van der Waals surface area contributed by atoms with Gasteiger partial charge in [-0.1, -0.05) is 26.0 Å². The maximum absolute atomic E-state index is 13.1. The van der Waals surface area contributed by atoms with Crippen molar-refractivity contribution in [3.63, 3.8) is 0 Å². The molecule has 182 valence electrons. The molecule has 0 aliphatic carbocycles. The van der Waals surface area contributed by atoms with Crippen molar-refractivity contribution in [3.8, 4) is 11.5 Å². The number of H-pyrrole nitrogens is 1. The van der Waals surface area contributed by atoms with E-state index >= 15 is 0 Å². The van der Waals surface area contributed by atoms with Crippen LogP contribution in [-0.2, 0) is 16.6 Å². The summed E-state index contributed by atoms with van der Waals surface area (Å²) in [7, 11) is -0.497. The number of benzene rings is 2. The maximum Gasteiger partial charge on any atom is 0.258 e. The van der Waals surface area contributed by atoms with E-state index < -0.39 is 10.0 Å². The monoisotopic (exact) mass is 486 g/mol. The Hall–Kier alpha value is -2.95. The van der Waals surface area contributed by atoms with Crippen LogP contribution in [0.4, 0.5) is 0 Å². The molecule has 10 heteroatoms. The van der Waals surface area contributed by atoms with Crippen LogP contribution in [0.2, 0.25) is 0 Å². The maximum atomic E-state index is 13.1. The smallest absolute Gasteiger partial charge is 0.258 e. The number of fused-ring (bicyclic) bond motifs is 1. The number of piperazine rings is 1. The van der Waals surface area contributed by atoms with Crippen molar-refractivity contribution in [2.45, 2.75) is 31.2 Å². The lowest BCUT2D eigenvalue weighted by atomic mass is 10.0. The van der Waals surface area contributed by atoms with E-state index in [9.17, 15) is 13.2 Å². The third-order valence-electron chi connectivity index (χ3n) is 6.15. The third kappa shape index (κ3) is 4.79. The van der Waals surface area contributed by atoms with Gasteiger partial charge in [0.1, 0.15) is 5.82 Å². The van der Waals surface area contributed by atoms with Gasteiger partial charge in [-0.25, -0.2) is 13.4 Å². The highest BCUT2D eigenvalue weighted by molar-refractivity contribution is 7.89. The average Bonchev–Trinajstić information content (AvgIpc) is 2.83. The Labute approximate surface area is 199 Å². The van der Waals surface area contributed by atoms with E-state index in [1.165, 1.54) is 18.5 Å². The Morgan fingerprint density at radius 2 is 1.62 bits per heavy atom. The van der Waals surface area contributed by atoms with Crippen molar-refractivity contribution in [3.05, 3.63) is 58.1 Å². The number of hydrogen-bond acceptors (Lipinski definition) is 7. The van der Waals surface area contributed by atoms with Gasteiger partial charge in [-0.15, -0.1) is 0 Å². The SMILES string of the molecule is COc1cc2nc(CN3CCN(S(=O)(=O)c4ccc(C(C)C)cc4)CC3)[nH]c(=O)c2cc1OC. The van der Waals surface area contributed by atoms with Crippen molar-refractivity contribution >= 4 is 20.9 Å². The van der Waals surface area contributed by atoms with Gasteiger partial charge in [0.15, 0.2) is 11.5 Å². The quantitative estimate of drug-likeness (QED) is 0.547. The van der Waals surface area contributed by atoms with Crippen molar-refractivity contribution in [1.82, 2.24) is 19.2 Å². The van der Waals surface area contributed by atoms with Crippen LogP contribution in [0.25, 0.3) is 10.9 Å². The van der Waals surface area contributed by atoms with E-state index in [0.717, 1.165) is 5.56 Å². The van der Waals surface area contributed by atoms with Crippen LogP contribution in [-0.4, -0.2) is 68.0 Å². The minimum atomic E-state index is -3.54. The first kappa shape index (κ1) is 24.2. The zero-order valence-corrected chi connectivity index (χ0v) is 20.7. The van der Waals surface area contributed by atoms with Gasteiger partial charge in [0.2, 0.25) is 10.0 Å². The summed E-state index contributed by atoms with van der Waals surface area (Å²) in [6.07, 6.45) is 0. The van der Waals surface area contributed by atoms with Crippen molar-refractivity contribution in [2.75, 3.05) is 40.4 Å². The second kappa shape index (κ2) is 9.73. The summed E-state index contributed by atoms with van der Waals surface area (Å²) in [6.45, 7) is 6.39. The van der Waals surface area contributed by atoms with E-state index in [1.54, 1.807) is 24.3 Å². The number of aromatic nitrogens is 2. The second-order valence-corrected chi connectivity index (χ2v) is 10.6. The number of sulfonamides is 1. The van der Waals surface area contributed by atoms with Crippen molar-refractivity contribution in [1.29, 1.82) is 0 Å². The van der Waals surface area contributed by atoms with E-state index in [1.807, 2.05) is 12.1 Å². The molecule has 0 atom stereocenters. The van der Waals surface area contributed by atoms with E-state index in [0.29, 0.717) is 71.8 Å². The molecule has 2 heterocycles. The molecule has 0 saturated carbocycles. The molecule has 1 aliphatic rings. The molecule has 4 rings (SSSR count). The summed E-state index contributed by atoms with van der Waals surface area (Å²) in [6, 6.07) is 10.4. The average molecular weight is 487 g/mol. The van der Waals surface area contributed by atoms with Crippen LogP contribution >= 0.6 is 0 Å². The molecule has 1 aromatic heterocycles. The largest absolute Gasteiger partial charge is 0.493 e. The lowest BCUT2D eigenvalue weighted by molar-refractivity contribution is 0.178. The highest BCUT2D eigenvalue weighted by Gasteiger charge is 2.28. The molecule has 1 aliphatic heterocycles. The number of ether oxygens (including phenoxy) is 2. The Balaban J connectivity index is 1.46. The fourth-order valence-corrected chi connectivity index (χ4v) is 5.52. The third-order valence-corrected chi connectivity index (χ3v) is 8.06. The summed E-state index contributed by atoms with van der Waals surface area (Å²) in [5, 5.41) is 0.417. The first-order valence-corrected chi connectivity index (χ1v) is 12.6. The molecule has 1 fully saturated rings. The van der Waals surface area contributed by atoms with E-state index in [-0.39, 0.29) is 5.56 Å². The van der Waals surface area contributed by atoms with Gasteiger partial charge < -0.3 is 14.5 Å². The predicted molar refractivity (Wildman–Crippen MR) is 130 cm³/mol. The van der Waals surface area contributed by atoms with Crippen LogP contribution in [0, 0.1) is 0 Å². The second-order valence-electron chi connectivity index (χ2n) is 8.64. The predicted octanol–water partition coefficient (Wildman–Crippen LogP) is 2.57. The highest BCUT2D eigenvalue weighted by atomic mass is 32.2. The summed E-state index contributed by atoms with van der Waals surface area (Å²) in [5.74, 6) is 1.83. The Morgan fingerprint density at radius 3 is 2.21 bits per heavy atom. The molecule has 0 spiro atoms. The molecule has 3 aromatic rings. The molecule has 1 saturated heterocycles. The number of hydrogen-bond donors (Lipinski definition) is 1. The van der Waals surface area contributed by atoms with Gasteiger partial charge in [-0.3, -0.25) is 9.69 Å². The minimum absolute atomic E-state index is 0.257. The summed E-state index contributed by atoms with van der Waals surface area (Å²) >= 11 is 0. The summed E-state index contributed by atoms with van der Waals surface area (Å²) in [5.41, 5.74) is 1.37. The summed E-state index contributed by atoms with van der Waals surface area (Å²) < 4.78 is 38.2. The van der Waals surface area contributed by atoms with Crippen molar-refractivity contribution < 1.29 is 17.9 Å². The van der Waals surface area contributed by atoms with Crippen LogP contribution in [0.3, 0.4) is 0 Å². The van der Waals surface area contributed by atoms with Gasteiger partial charge in [-0.05, 0) is 29.7 Å². The van der Waals surface area contributed by atoms with Gasteiger partial charge in [-0.2, -0.15) is 4.31 Å². The number of rotatable bonds is 7. The number of nitrogens with zero attached hydrogens (tertiary/aromatic N) is 3. The number of methoxy groups -OCH3 is 2. The van der Waals surface area contributed by atoms with Gasteiger partial charge >= 0.3 is 0 Å². The van der Waals surface area contributed by atoms with Crippen LogP contribution in [0.15, 0.2) is 46.1 Å². The lowest BCUT2D eigenvalue weighted by Crippen LogP contribution is -2.48. The van der Waals surface area contributed by atoms with E-state index in [4.69, 9.17) is 9.47 Å². The number of aromatic amines is 1. The fourth-order valence-electron chi connectivity index (χ4n) is 4.10. The molecular weight excluding hydrogens is 456 g/mol. The Morgan fingerprint density at radius 1 is 1.00 bits per heavy atom. The highest BCUT2D eigenvalue weighted by Crippen LogP contribution is 2.30. The zero-order valence-electron chi connectivity index (χ0n) is 19.9. The molecule has 0 bridgehead atoms. The van der Waals surface area contributed by atoms with E-state index in [2.05, 4.69) is 28.7 Å². The standard InChI is InChI=1S/C24H30N4O5S/c1-16(2)17-5-7-18(8-6-17)34(30,31)28-11-9-27(10-12-28)15-23-25-20-14-22(33-4)21(32-3)13-19(20)24(29)26-23/h5-8,13-14,16H,9-12,15H2,1-4H3,(H,25,26,29). The molecule has 0 unspecified atom stereocenters. The zero-order chi connectivity index (χ0) is 24.5. The molecule has 34 heavy (non-hydrogen) atoms. The lowest BCUT2D eigenvalue weighted by Gasteiger charge is -2.33. The topological polar surface area (TPSA) is 105 Å². The molecule has 1 N–H and O–H groups in total. The van der Waals surface area contributed by atoms with Crippen LogP contribution in [0.1, 0.15) is 31.2 Å². The molecule has 0 radical (unpaired) electrons. The first-order valence-electron chi connectivity index (χ1n) is 11.2. The van der Waals surface area contributed by atoms with Crippen LogP contribution < -0.4 is 15.0 Å². The van der Waals surface area contributed by atoms with Crippen molar-refractivity contribution in [2.24, 2.45) is 0 Å². The Bertz CT molecular complexity index is 1330. The van der Waals surface area contributed by atoms with Gasteiger partial charge in [0.05, 0.1) is 36.6 Å². The first-order chi connectivity index (χ1) is 16.2. The molecule has 2 aromatic carbocycles.